The van der Waals surface area contributed by atoms with Crippen molar-refractivity contribution in [3.63, 3.8) is 0 Å². The zero-order valence-electron chi connectivity index (χ0n) is 21.9. The average molecular weight is 489 g/mol. The zero-order chi connectivity index (χ0) is 25.3. The van der Waals surface area contributed by atoms with Crippen LogP contribution in [0.2, 0.25) is 0 Å². The molecule has 0 bridgehead atoms. The standard InChI is InChI=1S/C30H40N4O2/c1-3-26(4-2)30(35)34-18-16-32(17-19-34)22-29(36-23-25-12-10-24(21-31)11-13-25)27-8-7-9-28(20-27)33-14-5-6-15-33/h7-13,20,26,29H,3-6,14-19,22-23H2,1-2H3. The van der Waals surface area contributed by atoms with Crippen LogP contribution in [0.15, 0.2) is 48.5 Å². The van der Waals surface area contributed by atoms with E-state index < -0.39 is 0 Å². The van der Waals surface area contributed by atoms with Crippen molar-refractivity contribution in [3.8, 4) is 6.07 Å². The van der Waals surface area contributed by atoms with Gasteiger partial charge in [-0.05, 0) is 61.1 Å². The van der Waals surface area contributed by atoms with Gasteiger partial charge in [0.2, 0.25) is 5.91 Å². The molecule has 0 saturated carbocycles. The smallest absolute Gasteiger partial charge is 0.225 e. The molecule has 0 aromatic heterocycles. The SMILES string of the molecule is CCC(CC)C(=O)N1CCN(CC(OCc2ccc(C#N)cc2)c2cccc(N3CCCC3)c2)CC1. The molecule has 2 heterocycles. The van der Waals surface area contributed by atoms with Crippen molar-refractivity contribution in [2.24, 2.45) is 5.92 Å². The molecule has 6 heteroatoms. The van der Waals surface area contributed by atoms with Crippen molar-refractivity contribution in [2.45, 2.75) is 52.2 Å². The number of nitrogens with zero attached hydrogens (tertiary/aromatic N) is 4. The number of rotatable bonds is 10. The van der Waals surface area contributed by atoms with Crippen molar-refractivity contribution >= 4 is 11.6 Å². The van der Waals surface area contributed by atoms with Gasteiger partial charge in [0.1, 0.15) is 0 Å². The van der Waals surface area contributed by atoms with Gasteiger partial charge < -0.3 is 14.5 Å². The minimum atomic E-state index is -0.0653. The Morgan fingerprint density at radius 2 is 1.67 bits per heavy atom. The summed E-state index contributed by atoms with van der Waals surface area (Å²) in [6.45, 7) is 11.0. The van der Waals surface area contributed by atoms with E-state index in [0.717, 1.165) is 64.2 Å². The Labute approximate surface area is 216 Å². The quantitative estimate of drug-likeness (QED) is 0.471. The van der Waals surface area contributed by atoms with Crippen LogP contribution in [0.5, 0.6) is 0 Å². The molecule has 1 atom stereocenters. The minimum absolute atomic E-state index is 0.0653. The summed E-state index contributed by atoms with van der Waals surface area (Å²) in [5.74, 6) is 0.458. The topological polar surface area (TPSA) is 59.8 Å². The zero-order valence-corrected chi connectivity index (χ0v) is 21.9. The molecule has 0 spiro atoms. The molecule has 0 radical (unpaired) electrons. The summed E-state index contributed by atoms with van der Waals surface area (Å²) in [4.78, 5) is 19.8. The Morgan fingerprint density at radius 1 is 0.972 bits per heavy atom. The molecule has 0 N–H and O–H groups in total. The Bertz CT molecular complexity index is 1010. The first kappa shape index (κ1) is 26.2. The van der Waals surface area contributed by atoms with Crippen LogP contribution in [0.25, 0.3) is 0 Å². The van der Waals surface area contributed by atoms with Gasteiger partial charge in [0, 0.05) is 57.4 Å². The molecule has 1 unspecified atom stereocenters. The lowest BCUT2D eigenvalue weighted by Crippen LogP contribution is -2.51. The van der Waals surface area contributed by atoms with Gasteiger partial charge >= 0.3 is 0 Å². The van der Waals surface area contributed by atoms with E-state index >= 15 is 0 Å². The molecule has 192 valence electrons. The van der Waals surface area contributed by atoms with Crippen molar-refractivity contribution in [2.75, 3.05) is 50.7 Å². The van der Waals surface area contributed by atoms with Crippen LogP contribution in [0, 0.1) is 17.2 Å². The molecular weight excluding hydrogens is 448 g/mol. The summed E-state index contributed by atoms with van der Waals surface area (Å²) >= 11 is 0. The second-order valence-electron chi connectivity index (χ2n) is 10.0. The van der Waals surface area contributed by atoms with Crippen LogP contribution in [0.3, 0.4) is 0 Å². The summed E-state index contributed by atoms with van der Waals surface area (Å²) < 4.78 is 6.53. The molecule has 2 aliphatic heterocycles. The van der Waals surface area contributed by atoms with E-state index in [2.05, 4.69) is 58.9 Å². The number of benzene rings is 2. The van der Waals surface area contributed by atoms with E-state index in [1.165, 1.54) is 24.1 Å². The van der Waals surface area contributed by atoms with Gasteiger partial charge in [-0.3, -0.25) is 9.69 Å². The first-order valence-electron chi connectivity index (χ1n) is 13.6. The Morgan fingerprint density at radius 3 is 2.31 bits per heavy atom. The van der Waals surface area contributed by atoms with Crippen molar-refractivity contribution in [3.05, 3.63) is 65.2 Å². The van der Waals surface area contributed by atoms with Crippen molar-refractivity contribution < 1.29 is 9.53 Å². The molecule has 2 fully saturated rings. The van der Waals surface area contributed by atoms with Gasteiger partial charge in [0.15, 0.2) is 0 Å². The van der Waals surface area contributed by atoms with Gasteiger partial charge in [-0.2, -0.15) is 5.26 Å². The number of nitriles is 1. The first-order chi connectivity index (χ1) is 17.6. The molecule has 36 heavy (non-hydrogen) atoms. The number of carbonyl (C=O) groups is 1. The van der Waals surface area contributed by atoms with E-state index in [9.17, 15) is 4.79 Å². The van der Waals surface area contributed by atoms with Crippen LogP contribution >= 0.6 is 0 Å². The van der Waals surface area contributed by atoms with E-state index in [1.54, 1.807) is 0 Å². The van der Waals surface area contributed by atoms with Crippen LogP contribution in [0.4, 0.5) is 5.69 Å². The average Bonchev–Trinajstić information content (AvgIpc) is 3.48. The molecular formula is C30H40N4O2. The Balaban J connectivity index is 1.44. The van der Waals surface area contributed by atoms with Crippen molar-refractivity contribution in [1.82, 2.24) is 9.80 Å². The normalized spacial score (nSPS) is 17.4. The maximum absolute atomic E-state index is 12.8. The van der Waals surface area contributed by atoms with Crippen molar-refractivity contribution in [1.29, 1.82) is 5.26 Å². The van der Waals surface area contributed by atoms with Gasteiger partial charge in [-0.25, -0.2) is 0 Å². The fraction of sp³-hybridized carbons (Fsp3) is 0.533. The van der Waals surface area contributed by atoms with Crippen LogP contribution in [-0.2, 0) is 16.1 Å². The maximum atomic E-state index is 12.8. The number of hydrogen-bond acceptors (Lipinski definition) is 5. The van der Waals surface area contributed by atoms with E-state index in [0.29, 0.717) is 18.1 Å². The van der Waals surface area contributed by atoms with Crippen LogP contribution in [0.1, 0.15) is 62.3 Å². The molecule has 6 nitrogen and oxygen atoms in total. The lowest BCUT2D eigenvalue weighted by molar-refractivity contribution is -0.137. The summed E-state index contributed by atoms with van der Waals surface area (Å²) in [6.07, 6.45) is 4.26. The first-order valence-corrected chi connectivity index (χ1v) is 13.6. The summed E-state index contributed by atoms with van der Waals surface area (Å²) in [5.41, 5.74) is 4.20. The highest BCUT2D eigenvalue weighted by atomic mass is 16.5. The summed E-state index contributed by atoms with van der Waals surface area (Å²) in [6, 6.07) is 18.6. The number of hydrogen-bond donors (Lipinski definition) is 0. The van der Waals surface area contributed by atoms with E-state index in [-0.39, 0.29) is 12.0 Å². The third kappa shape index (κ3) is 6.66. The number of ether oxygens (including phenoxy) is 1. The van der Waals surface area contributed by atoms with Gasteiger partial charge in [0.05, 0.1) is 24.3 Å². The number of anilines is 1. The molecule has 2 saturated heterocycles. The number of amides is 1. The van der Waals surface area contributed by atoms with E-state index in [4.69, 9.17) is 10.00 Å². The fourth-order valence-electron chi connectivity index (χ4n) is 5.31. The third-order valence-corrected chi connectivity index (χ3v) is 7.69. The second kappa shape index (κ2) is 12.9. The monoisotopic (exact) mass is 488 g/mol. The molecule has 1 amide bonds. The minimum Gasteiger partial charge on any atom is -0.372 e. The molecule has 0 aliphatic carbocycles. The Kier molecular flexibility index (Phi) is 9.38. The van der Waals surface area contributed by atoms with Gasteiger partial charge in [-0.15, -0.1) is 0 Å². The second-order valence-corrected chi connectivity index (χ2v) is 10.0. The van der Waals surface area contributed by atoms with Gasteiger partial charge in [-0.1, -0.05) is 38.1 Å². The van der Waals surface area contributed by atoms with Crippen LogP contribution < -0.4 is 4.90 Å². The van der Waals surface area contributed by atoms with Gasteiger partial charge in [0.25, 0.3) is 0 Å². The van der Waals surface area contributed by atoms with E-state index in [1.807, 2.05) is 24.3 Å². The molecule has 2 aromatic rings. The highest BCUT2D eigenvalue weighted by Crippen LogP contribution is 2.28. The van der Waals surface area contributed by atoms with Crippen LogP contribution in [-0.4, -0.2) is 61.5 Å². The molecule has 4 rings (SSSR count). The molecule has 2 aliphatic rings. The Hall–Kier alpha value is -2.88. The predicted molar refractivity (Wildman–Crippen MR) is 144 cm³/mol. The highest BCUT2D eigenvalue weighted by molar-refractivity contribution is 5.78. The summed E-state index contributed by atoms with van der Waals surface area (Å²) in [7, 11) is 0. The predicted octanol–water partition coefficient (Wildman–Crippen LogP) is 5.00. The third-order valence-electron chi connectivity index (χ3n) is 7.69. The number of carbonyl (C=O) groups excluding carboxylic acids is 1. The lowest BCUT2D eigenvalue weighted by Gasteiger charge is -2.37. The summed E-state index contributed by atoms with van der Waals surface area (Å²) in [5, 5.41) is 9.09. The number of piperazine rings is 1. The highest BCUT2D eigenvalue weighted by Gasteiger charge is 2.27. The molecule has 2 aromatic carbocycles. The largest absolute Gasteiger partial charge is 0.372 e. The lowest BCUT2D eigenvalue weighted by atomic mass is 10.0. The maximum Gasteiger partial charge on any atom is 0.225 e. The fourth-order valence-corrected chi connectivity index (χ4v) is 5.31.